The molecule has 1 aromatic heterocycles. The predicted molar refractivity (Wildman–Crippen MR) is 92.4 cm³/mol. The Hall–Kier alpha value is -2.85. The van der Waals surface area contributed by atoms with E-state index in [4.69, 9.17) is 0 Å². The Morgan fingerprint density at radius 3 is 2.00 bits per heavy atom. The number of nitriles is 2. The van der Waals surface area contributed by atoms with Gasteiger partial charge in [-0.3, -0.25) is 4.98 Å². The van der Waals surface area contributed by atoms with Gasteiger partial charge in [0.1, 0.15) is 5.75 Å². The number of hydrogen-bond acceptors (Lipinski definition) is 4. The third-order valence-corrected chi connectivity index (χ3v) is 4.24. The Balaban J connectivity index is 2.70. The molecule has 0 atom stereocenters. The highest BCUT2D eigenvalue weighted by atomic mass is 16.3. The lowest BCUT2D eigenvalue weighted by molar-refractivity contribution is 0.472. The summed E-state index contributed by atoms with van der Waals surface area (Å²) >= 11 is 0. The van der Waals surface area contributed by atoms with Crippen molar-refractivity contribution >= 4 is 0 Å². The van der Waals surface area contributed by atoms with Crippen molar-refractivity contribution in [1.82, 2.24) is 4.98 Å². The molecule has 0 aliphatic rings. The van der Waals surface area contributed by atoms with Gasteiger partial charge in [0.05, 0.1) is 29.2 Å². The van der Waals surface area contributed by atoms with Crippen molar-refractivity contribution in [2.24, 2.45) is 0 Å². The van der Waals surface area contributed by atoms with Crippen molar-refractivity contribution in [2.75, 3.05) is 0 Å². The zero-order chi connectivity index (χ0) is 18.0. The van der Waals surface area contributed by atoms with Crippen LogP contribution in [0.15, 0.2) is 36.7 Å². The van der Waals surface area contributed by atoms with Crippen molar-refractivity contribution in [3.8, 4) is 17.9 Å². The second-order valence-electron chi connectivity index (χ2n) is 7.03. The van der Waals surface area contributed by atoms with Crippen molar-refractivity contribution in [2.45, 2.75) is 44.9 Å². The molecule has 1 heterocycles. The molecule has 1 N–H and O–H groups in total. The average molecular weight is 319 g/mol. The summed E-state index contributed by atoms with van der Waals surface area (Å²) in [5.41, 5.74) is 2.22. The quantitative estimate of drug-likeness (QED) is 0.924. The Morgan fingerprint density at radius 1 is 1.00 bits per heavy atom. The van der Waals surface area contributed by atoms with Gasteiger partial charge >= 0.3 is 0 Å². The topological polar surface area (TPSA) is 80.7 Å². The number of benzene rings is 1. The first-order valence-electron chi connectivity index (χ1n) is 7.79. The third kappa shape index (κ3) is 3.39. The number of nitrogens with zero attached hydrogens (tertiary/aromatic N) is 3. The summed E-state index contributed by atoms with van der Waals surface area (Å²) < 4.78 is 0. The molecule has 24 heavy (non-hydrogen) atoms. The molecule has 0 fully saturated rings. The maximum atomic E-state index is 9.67. The molecule has 0 radical (unpaired) electrons. The van der Waals surface area contributed by atoms with E-state index in [1.54, 1.807) is 12.3 Å². The molecule has 0 saturated carbocycles. The second-order valence-corrected chi connectivity index (χ2v) is 7.03. The fraction of sp³-hybridized carbons (Fsp3) is 0.350. The van der Waals surface area contributed by atoms with E-state index in [0.717, 1.165) is 22.3 Å². The minimum Gasteiger partial charge on any atom is -0.506 e. The molecule has 0 unspecified atom stereocenters. The first-order valence-corrected chi connectivity index (χ1v) is 7.79. The van der Waals surface area contributed by atoms with Gasteiger partial charge in [-0.15, -0.1) is 0 Å². The van der Waals surface area contributed by atoms with E-state index in [2.05, 4.69) is 17.1 Å². The van der Waals surface area contributed by atoms with Crippen LogP contribution in [-0.2, 0) is 17.3 Å². The first-order chi connectivity index (χ1) is 11.2. The minimum atomic E-state index is -0.679. The van der Waals surface area contributed by atoms with E-state index in [1.807, 2.05) is 45.9 Å². The van der Waals surface area contributed by atoms with Crippen LogP contribution in [-0.4, -0.2) is 10.1 Å². The number of aromatic nitrogens is 1. The normalized spacial score (nSPS) is 11.6. The summed E-state index contributed by atoms with van der Waals surface area (Å²) in [6, 6.07) is 12.1. The van der Waals surface area contributed by atoms with E-state index < -0.39 is 10.8 Å². The largest absolute Gasteiger partial charge is 0.506 e. The molecular weight excluding hydrogens is 298 g/mol. The van der Waals surface area contributed by atoms with Crippen LogP contribution < -0.4 is 0 Å². The fourth-order valence-electron chi connectivity index (χ4n) is 2.84. The molecule has 4 nitrogen and oxygen atoms in total. The number of hydrogen-bond donors (Lipinski definition) is 1. The summed E-state index contributed by atoms with van der Waals surface area (Å²) in [7, 11) is 0. The SMILES string of the molecule is CC(C)(C#N)c1cccc(C(C)(C)C#N)c1Cc1cncc(O)c1. The monoisotopic (exact) mass is 319 g/mol. The van der Waals surface area contributed by atoms with Gasteiger partial charge in [0.2, 0.25) is 0 Å². The zero-order valence-corrected chi connectivity index (χ0v) is 14.5. The van der Waals surface area contributed by atoms with Crippen molar-refractivity contribution in [1.29, 1.82) is 10.5 Å². The highest BCUT2D eigenvalue weighted by molar-refractivity contribution is 5.49. The van der Waals surface area contributed by atoms with Crippen LogP contribution in [0, 0.1) is 22.7 Å². The van der Waals surface area contributed by atoms with Gasteiger partial charge in [-0.1, -0.05) is 18.2 Å². The van der Waals surface area contributed by atoms with Gasteiger partial charge in [0.15, 0.2) is 0 Å². The lowest BCUT2D eigenvalue weighted by atomic mass is 9.74. The van der Waals surface area contributed by atoms with Gasteiger partial charge in [0.25, 0.3) is 0 Å². The van der Waals surface area contributed by atoms with Crippen LogP contribution in [0.1, 0.15) is 49.9 Å². The minimum absolute atomic E-state index is 0.102. The Morgan fingerprint density at radius 2 is 1.54 bits per heavy atom. The molecule has 0 bridgehead atoms. The van der Waals surface area contributed by atoms with E-state index in [-0.39, 0.29) is 5.75 Å². The number of rotatable bonds is 4. The van der Waals surface area contributed by atoms with Gasteiger partial charge in [-0.25, -0.2) is 0 Å². The van der Waals surface area contributed by atoms with Crippen LogP contribution in [0.3, 0.4) is 0 Å². The molecule has 0 spiro atoms. The second kappa shape index (κ2) is 6.34. The van der Waals surface area contributed by atoms with Gasteiger partial charge in [-0.2, -0.15) is 10.5 Å². The fourth-order valence-corrected chi connectivity index (χ4v) is 2.84. The van der Waals surface area contributed by atoms with E-state index >= 15 is 0 Å². The van der Waals surface area contributed by atoms with Crippen molar-refractivity contribution < 1.29 is 5.11 Å². The third-order valence-electron chi connectivity index (χ3n) is 4.24. The Kier molecular flexibility index (Phi) is 4.62. The standard InChI is InChI=1S/C20H21N3O/c1-19(2,12-21)17-6-5-7-18(20(3,4)13-22)16(17)9-14-8-15(24)11-23-10-14/h5-8,10-11,24H,9H2,1-4H3. The van der Waals surface area contributed by atoms with Crippen LogP contribution >= 0.6 is 0 Å². The molecule has 1 aromatic carbocycles. The van der Waals surface area contributed by atoms with E-state index in [0.29, 0.717) is 6.42 Å². The van der Waals surface area contributed by atoms with Crippen LogP contribution in [0.4, 0.5) is 0 Å². The Bertz CT molecular complexity index is 794. The van der Waals surface area contributed by atoms with Gasteiger partial charge in [-0.05, 0) is 62.4 Å². The van der Waals surface area contributed by atoms with Crippen LogP contribution in [0.2, 0.25) is 0 Å². The Labute approximate surface area is 143 Å². The molecule has 0 aliphatic heterocycles. The van der Waals surface area contributed by atoms with E-state index in [9.17, 15) is 15.6 Å². The summed E-state index contributed by atoms with van der Waals surface area (Å²) in [4.78, 5) is 4.02. The van der Waals surface area contributed by atoms with Gasteiger partial charge < -0.3 is 5.11 Å². The molecule has 0 aliphatic carbocycles. The van der Waals surface area contributed by atoms with Crippen molar-refractivity contribution in [3.63, 3.8) is 0 Å². The molecule has 2 aromatic rings. The van der Waals surface area contributed by atoms with Crippen LogP contribution in [0.5, 0.6) is 5.75 Å². The number of aromatic hydroxyl groups is 1. The lowest BCUT2D eigenvalue weighted by Crippen LogP contribution is -2.23. The van der Waals surface area contributed by atoms with Crippen LogP contribution in [0.25, 0.3) is 0 Å². The van der Waals surface area contributed by atoms with Crippen molar-refractivity contribution in [3.05, 3.63) is 58.9 Å². The molecule has 2 rings (SSSR count). The highest BCUT2D eigenvalue weighted by Gasteiger charge is 2.30. The van der Waals surface area contributed by atoms with Gasteiger partial charge in [0, 0.05) is 6.20 Å². The smallest absolute Gasteiger partial charge is 0.134 e. The zero-order valence-electron chi connectivity index (χ0n) is 14.5. The average Bonchev–Trinajstić information content (AvgIpc) is 2.54. The lowest BCUT2D eigenvalue weighted by Gasteiger charge is -2.27. The molecule has 122 valence electrons. The summed E-state index contributed by atoms with van der Waals surface area (Å²) in [5, 5.41) is 28.8. The summed E-state index contributed by atoms with van der Waals surface area (Å²) in [6.45, 7) is 7.48. The maximum Gasteiger partial charge on any atom is 0.134 e. The van der Waals surface area contributed by atoms with E-state index in [1.165, 1.54) is 6.20 Å². The molecular formula is C20H21N3O. The first kappa shape index (κ1) is 17.5. The predicted octanol–water partition coefficient (Wildman–Crippen LogP) is 3.98. The summed E-state index contributed by atoms with van der Waals surface area (Å²) in [5.74, 6) is 0.102. The highest BCUT2D eigenvalue weighted by Crippen LogP contribution is 2.35. The number of pyridine rings is 1. The summed E-state index contributed by atoms with van der Waals surface area (Å²) in [6.07, 6.45) is 3.58. The maximum absolute atomic E-state index is 9.67. The molecule has 4 heteroatoms. The molecule has 0 saturated heterocycles. The molecule has 0 amide bonds.